The Morgan fingerprint density at radius 2 is 1.69 bits per heavy atom. The summed E-state index contributed by atoms with van der Waals surface area (Å²) in [6, 6.07) is 16.9. The second-order valence-corrected chi connectivity index (χ2v) is 6.25. The molecule has 4 rings (SSSR count). The highest BCUT2D eigenvalue weighted by Crippen LogP contribution is 2.30. The first-order chi connectivity index (χ1) is 12.8. The molecule has 0 amide bonds. The fourth-order valence-corrected chi connectivity index (χ4v) is 3.14. The van der Waals surface area contributed by atoms with Gasteiger partial charge in [0.1, 0.15) is 12.2 Å². The van der Waals surface area contributed by atoms with E-state index in [1.165, 1.54) is 0 Å². The van der Waals surface area contributed by atoms with Crippen molar-refractivity contribution in [3.8, 4) is 17.1 Å². The Hall–Kier alpha value is -2.63. The summed E-state index contributed by atoms with van der Waals surface area (Å²) in [5, 5.41) is 0.536. The van der Waals surface area contributed by atoms with Crippen LogP contribution in [0.25, 0.3) is 22.3 Å². The monoisotopic (exact) mass is 351 g/mol. The molecule has 0 aliphatic carbocycles. The number of nitrogens with zero attached hydrogens (tertiary/aromatic N) is 1. The Bertz CT molecular complexity index is 930. The summed E-state index contributed by atoms with van der Waals surface area (Å²) in [5.41, 5.74) is 1.27. The molecule has 1 saturated heterocycles. The maximum absolute atomic E-state index is 13.0. The van der Waals surface area contributed by atoms with Gasteiger partial charge in [0.25, 0.3) is 0 Å². The average molecular weight is 351 g/mol. The molecule has 1 aromatic heterocycles. The Morgan fingerprint density at radius 1 is 0.962 bits per heavy atom. The first kappa shape index (κ1) is 16.8. The van der Waals surface area contributed by atoms with E-state index < -0.39 is 0 Å². The van der Waals surface area contributed by atoms with Gasteiger partial charge in [0.15, 0.2) is 5.76 Å². The van der Waals surface area contributed by atoms with Gasteiger partial charge < -0.3 is 13.9 Å². The molecule has 134 valence electrons. The zero-order valence-electron chi connectivity index (χ0n) is 14.5. The third kappa shape index (κ3) is 3.49. The minimum absolute atomic E-state index is 0.132. The zero-order chi connectivity index (χ0) is 17.8. The minimum atomic E-state index is -0.132. The van der Waals surface area contributed by atoms with Crippen LogP contribution in [0.2, 0.25) is 0 Å². The van der Waals surface area contributed by atoms with Crippen LogP contribution in [0.1, 0.15) is 0 Å². The highest BCUT2D eigenvalue weighted by atomic mass is 16.5. The van der Waals surface area contributed by atoms with E-state index in [0.717, 1.165) is 38.4 Å². The SMILES string of the molecule is O=c1c(OCCN2CCOCC2)c(-c2ccccc2)oc2ccccc12. The van der Waals surface area contributed by atoms with Crippen molar-refractivity contribution >= 4 is 11.0 Å². The van der Waals surface area contributed by atoms with Crippen molar-refractivity contribution in [2.75, 3.05) is 39.5 Å². The summed E-state index contributed by atoms with van der Waals surface area (Å²) in [6.45, 7) is 4.45. The maximum Gasteiger partial charge on any atom is 0.235 e. The van der Waals surface area contributed by atoms with E-state index in [4.69, 9.17) is 13.9 Å². The number of ether oxygens (including phenoxy) is 2. The van der Waals surface area contributed by atoms with Gasteiger partial charge in [-0.05, 0) is 12.1 Å². The summed E-state index contributed by atoms with van der Waals surface area (Å²) in [7, 11) is 0. The summed E-state index contributed by atoms with van der Waals surface area (Å²) < 4.78 is 17.3. The van der Waals surface area contributed by atoms with Crippen LogP contribution in [-0.2, 0) is 4.74 Å². The lowest BCUT2D eigenvalue weighted by Gasteiger charge is -2.26. The predicted molar refractivity (Wildman–Crippen MR) is 101 cm³/mol. The largest absolute Gasteiger partial charge is 0.485 e. The molecule has 1 aliphatic rings. The van der Waals surface area contributed by atoms with Crippen molar-refractivity contribution in [1.82, 2.24) is 4.90 Å². The molecule has 0 bridgehead atoms. The van der Waals surface area contributed by atoms with Crippen LogP contribution in [0.4, 0.5) is 0 Å². The van der Waals surface area contributed by atoms with Gasteiger partial charge in [-0.15, -0.1) is 0 Å². The fourth-order valence-electron chi connectivity index (χ4n) is 3.14. The van der Waals surface area contributed by atoms with E-state index in [1.807, 2.05) is 42.5 Å². The van der Waals surface area contributed by atoms with Crippen LogP contribution >= 0.6 is 0 Å². The van der Waals surface area contributed by atoms with Crippen LogP contribution in [-0.4, -0.2) is 44.4 Å². The van der Waals surface area contributed by atoms with Crippen molar-refractivity contribution in [3.05, 3.63) is 64.8 Å². The molecular formula is C21H21NO4. The zero-order valence-corrected chi connectivity index (χ0v) is 14.5. The molecule has 2 aromatic carbocycles. The van der Waals surface area contributed by atoms with Crippen molar-refractivity contribution in [2.24, 2.45) is 0 Å². The minimum Gasteiger partial charge on any atom is -0.485 e. The number of morpholine rings is 1. The highest BCUT2D eigenvalue weighted by molar-refractivity contribution is 5.81. The van der Waals surface area contributed by atoms with E-state index in [1.54, 1.807) is 12.1 Å². The molecule has 3 aromatic rings. The van der Waals surface area contributed by atoms with Crippen molar-refractivity contribution < 1.29 is 13.9 Å². The van der Waals surface area contributed by atoms with Crippen molar-refractivity contribution in [3.63, 3.8) is 0 Å². The molecule has 5 heteroatoms. The lowest BCUT2D eigenvalue weighted by molar-refractivity contribution is 0.0321. The van der Waals surface area contributed by atoms with Crippen LogP contribution < -0.4 is 10.2 Å². The molecule has 2 heterocycles. The second-order valence-electron chi connectivity index (χ2n) is 6.25. The smallest absolute Gasteiger partial charge is 0.235 e. The molecule has 1 aliphatic heterocycles. The number of hydrogen-bond acceptors (Lipinski definition) is 5. The molecule has 26 heavy (non-hydrogen) atoms. The summed E-state index contributed by atoms with van der Waals surface area (Å²) in [4.78, 5) is 15.3. The van der Waals surface area contributed by atoms with Gasteiger partial charge in [-0.1, -0.05) is 42.5 Å². The number of fused-ring (bicyclic) bond motifs is 1. The van der Waals surface area contributed by atoms with E-state index >= 15 is 0 Å². The van der Waals surface area contributed by atoms with Crippen LogP contribution in [0.15, 0.2) is 63.8 Å². The number of rotatable bonds is 5. The standard InChI is InChI=1S/C21H21NO4/c23-19-17-8-4-5-9-18(17)26-20(16-6-2-1-3-7-16)21(19)25-15-12-22-10-13-24-14-11-22/h1-9H,10-15H2. The van der Waals surface area contributed by atoms with Gasteiger partial charge in [-0.3, -0.25) is 9.69 Å². The van der Waals surface area contributed by atoms with E-state index in [0.29, 0.717) is 23.3 Å². The third-order valence-electron chi connectivity index (χ3n) is 4.55. The summed E-state index contributed by atoms with van der Waals surface area (Å²) in [5.74, 6) is 0.763. The molecule has 0 radical (unpaired) electrons. The highest BCUT2D eigenvalue weighted by Gasteiger charge is 2.18. The van der Waals surface area contributed by atoms with E-state index in [2.05, 4.69) is 4.90 Å². The quantitative estimate of drug-likeness (QED) is 0.707. The normalized spacial score (nSPS) is 15.2. The number of hydrogen-bond donors (Lipinski definition) is 0. The Kier molecular flexibility index (Phi) is 5.00. The third-order valence-corrected chi connectivity index (χ3v) is 4.55. The number of para-hydroxylation sites is 1. The molecular weight excluding hydrogens is 330 g/mol. The molecule has 1 fully saturated rings. The van der Waals surface area contributed by atoms with Gasteiger partial charge in [0.05, 0.1) is 18.6 Å². The Labute approximate surface area is 151 Å². The van der Waals surface area contributed by atoms with Crippen molar-refractivity contribution in [1.29, 1.82) is 0 Å². The van der Waals surface area contributed by atoms with Gasteiger partial charge in [-0.25, -0.2) is 0 Å². The molecule has 0 N–H and O–H groups in total. The van der Waals surface area contributed by atoms with Gasteiger partial charge >= 0.3 is 0 Å². The van der Waals surface area contributed by atoms with E-state index in [-0.39, 0.29) is 11.2 Å². The Morgan fingerprint density at radius 3 is 2.50 bits per heavy atom. The molecule has 0 atom stereocenters. The Balaban J connectivity index is 1.66. The lowest BCUT2D eigenvalue weighted by Crippen LogP contribution is -2.38. The number of benzene rings is 2. The first-order valence-electron chi connectivity index (χ1n) is 8.87. The molecule has 5 nitrogen and oxygen atoms in total. The lowest BCUT2D eigenvalue weighted by atomic mass is 10.1. The average Bonchev–Trinajstić information content (AvgIpc) is 2.71. The summed E-state index contributed by atoms with van der Waals surface area (Å²) in [6.07, 6.45) is 0. The van der Waals surface area contributed by atoms with Gasteiger partial charge in [0, 0.05) is 25.2 Å². The van der Waals surface area contributed by atoms with E-state index in [9.17, 15) is 4.79 Å². The summed E-state index contributed by atoms with van der Waals surface area (Å²) >= 11 is 0. The predicted octanol–water partition coefficient (Wildman–Crippen LogP) is 3.17. The van der Waals surface area contributed by atoms with Gasteiger partial charge in [-0.2, -0.15) is 0 Å². The second kappa shape index (κ2) is 7.72. The molecule has 0 spiro atoms. The van der Waals surface area contributed by atoms with Gasteiger partial charge in [0.2, 0.25) is 11.2 Å². The molecule has 0 unspecified atom stereocenters. The van der Waals surface area contributed by atoms with Crippen LogP contribution in [0, 0.1) is 0 Å². The van der Waals surface area contributed by atoms with Crippen LogP contribution in [0.3, 0.4) is 0 Å². The molecule has 0 saturated carbocycles. The van der Waals surface area contributed by atoms with Crippen molar-refractivity contribution in [2.45, 2.75) is 0 Å². The maximum atomic E-state index is 13.0. The first-order valence-corrected chi connectivity index (χ1v) is 8.87. The topological polar surface area (TPSA) is 51.9 Å². The van der Waals surface area contributed by atoms with Crippen LogP contribution in [0.5, 0.6) is 5.75 Å². The fraction of sp³-hybridized carbons (Fsp3) is 0.286.